The minimum Gasteiger partial charge on any atom is -0.406 e. The van der Waals surface area contributed by atoms with Crippen LogP contribution in [0.3, 0.4) is 0 Å². The Labute approximate surface area is 204 Å². The molecule has 1 aromatic rings. The molecule has 0 radical (unpaired) electrons. The molecule has 3 N–H and O–H groups in total. The number of hydrazine groups is 2. The van der Waals surface area contributed by atoms with E-state index in [2.05, 4.69) is 21.1 Å². The fourth-order valence-electron chi connectivity index (χ4n) is 4.38. The summed E-state index contributed by atoms with van der Waals surface area (Å²) in [6.45, 7) is 0.312. The fourth-order valence-corrected chi connectivity index (χ4v) is 4.38. The number of carbonyl (C=O) groups excluding carboxylic acids is 2. The van der Waals surface area contributed by atoms with Crippen molar-refractivity contribution >= 4 is 24.1 Å². The van der Waals surface area contributed by atoms with E-state index in [0.717, 1.165) is 23.1 Å². The molecule has 5 rings (SSSR count). The van der Waals surface area contributed by atoms with E-state index in [4.69, 9.17) is 0 Å². The van der Waals surface area contributed by atoms with Gasteiger partial charge in [0.15, 0.2) is 12.4 Å². The lowest BCUT2D eigenvalue weighted by atomic mass is 9.92. The van der Waals surface area contributed by atoms with Gasteiger partial charge in [0.1, 0.15) is 5.75 Å². The number of rotatable bonds is 4. The molecular weight excluding hydrogens is 475 g/mol. The second-order valence-corrected chi connectivity index (χ2v) is 8.65. The van der Waals surface area contributed by atoms with Crippen LogP contribution in [0.4, 0.5) is 13.2 Å². The number of allylic oxidation sites excluding steroid dienone is 2. The number of ether oxygens (including phenoxy) is 1. The van der Waals surface area contributed by atoms with Crippen LogP contribution in [0.2, 0.25) is 0 Å². The van der Waals surface area contributed by atoms with Gasteiger partial charge in [-0.05, 0) is 42.2 Å². The molecular formula is C25H23F3N5O3+. The highest BCUT2D eigenvalue weighted by molar-refractivity contribution is 5.94. The summed E-state index contributed by atoms with van der Waals surface area (Å²) >= 11 is 0. The number of benzene rings is 1. The zero-order valence-electron chi connectivity index (χ0n) is 19.0. The number of hydrogen-bond acceptors (Lipinski definition) is 6. The SMILES string of the molecule is O=C(/C=C/c1cccc(OC(F)(F)F)c1)N1C=C2C=C[N+](C(=O)C3=C[C@H]4NNNC4CC3)=CC=C2C1. The summed E-state index contributed by atoms with van der Waals surface area (Å²) in [6.07, 6.45) is 10.0. The number of halogens is 3. The molecule has 36 heavy (non-hydrogen) atoms. The maximum absolute atomic E-state index is 13.0. The summed E-state index contributed by atoms with van der Waals surface area (Å²) in [7, 11) is 0. The predicted molar refractivity (Wildman–Crippen MR) is 125 cm³/mol. The van der Waals surface area contributed by atoms with E-state index in [1.165, 1.54) is 39.8 Å². The van der Waals surface area contributed by atoms with Crippen molar-refractivity contribution in [2.75, 3.05) is 6.54 Å². The Morgan fingerprint density at radius 1 is 1.22 bits per heavy atom. The van der Waals surface area contributed by atoms with E-state index in [-0.39, 0.29) is 29.6 Å². The van der Waals surface area contributed by atoms with E-state index in [1.807, 2.05) is 12.2 Å². The number of nitrogens with one attached hydrogen (secondary N) is 3. The molecule has 0 bridgehead atoms. The fraction of sp³-hybridized carbons (Fsp3) is 0.240. The Hall–Kier alpha value is -3.80. The van der Waals surface area contributed by atoms with Crippen LogP contribution in [-0.2, 0) is 9.59 Å². The molecule has 2 atom stereocenters. The van der Waals surface area contributed by atoms with E-state index in [0.29, 0.717) is 18.5 Å². The van der Waals surface area contributed by atoms with Crippen molar-refractivity contribution in [1.29, 1.82) is 0 Å². The molecule has 1 saturated heterocycles. The predicted octanol–water partition coefficient (Wildman–Crippen LogP) is 2.46. The van der Waals surface area contributed by atoms with Crippen LogP contribution in [0.5, 0.6) is 5.75 Å². The van der Waals surface area contributed by atoms with Gasteiger partial charge in [0.2, 0.25) is 0 Å². The van der Waals surface area contributed by atoms with Crippen molar-refractivity contribution in [2.45, 2.75) is 31.3 Å². The van der Waals surface area contributed by atoms with Crippen LogP contribution in [-0.4, -0.2) is 52.5 Å². The number of amides is 2. The Kier molecular flexibility index (Phi) is 6.44. The van der Waals surface area contributed by atoms with Crippen LogP contribution in [0.25, 0.3) is 6.08 Å². The Morgan fingerprint density at radius 3 is 2.92 bits per heavy atom. The van der Waals surface area contributed by atoms with Crippen molar-refractivity contribution in [1.82, 2.24) is 21.3 Å². The Morgan fingerprint density at radius 2 is 2.08 bits per heavy atom. The Bertz CT molecular complexity index is 1280. The molecule has 186 valence electrons. The highest BCUT2D eigenvalue weighted by atomic mass is 19.4. The Balaban J connectivity index is 1.23. The normalized spacial score (nSPS) is 23.4. The monoisotopic (exact) mass is 498 g/mol. The van der Waals surface area contributed by atoms with E-state index < -0.39 is 6.36 Å². The van der Waals surface area contributed by atoms with Crippen molar-refractivity contribution in [3.8, 4) is 5.75 Å². The van der Waals surface area contributed by atoms with Crippen LogP contribution < -0.4 is 21.1 Å². The lowest BCUT2D eigenvalue weighted by Crippen LogP contribution is -2.36. The largest absolute Gasteiger partial charge is 0.573 e. The molecule has 8 nitrogen and oxygen atoms in total. The summed E-state index contributed by atoms with van der Waals surface area (Å²) < 4.78 is 42.7. The second kappa shape index (κ2) is 9.69. The van der Waals surface area contributed by atoms with Crippen LogP contribution in [0.1, 0.15) is 18.4 Å². The summed E-state index contributed by atoms with van der Waals surface area (Å²) in [4.78, 5) is 27.2. The first-order chi connectivity index (χ1) is 17.2. The lowest BCUT2D eigenvalue weighted by Gasteiger charge is -2.20. The van der Waals surface area contributed by atoms with Gasteiger partial charge >= 0.3 is 12.3 Å². The number of carbonyl (C=O) groups is 2. The smallest absolute Gasteiger partial charge is 0.406 e. The molecule has 1 unspecified atom stereocenters. The first-order valence-electron chi connectivity index (χ1n) is 11.3. The number of fused-ring (bicyclic) bond motifs is 2. The molecule has 11 heteroatoms. The zero-order chi connectivity index (χ0) is 25.3. The van der Waals surface area contributed by atoms with Gasteiger partial charge in [-0.3, -0.25) is 4.79 Å². The minimum absolute atomic E-state index is 0.0568. The van der Waals surface area contributed by atoms with Crippen LogP contribution >= 0.6 is 0 Å². The number of nitrogens with zero attached hydrogens (tertiary/aromatic N) is 2. The maximum Gasteiger partial charge on any atom is 0.573 e. The van der Waals surface area contributed by atoms with Gasteiger partial charge in [0, 0.05) is 36.0 Å². The first-order valence-corrected chi connectivity index (χ1v) is 11.3. The zero-order valence-corrected chi connectivity index (χ0v) is 19.0. The molecule has 0 spiro atoms. The van der Waals surface area contributed by atoms with Gasteiger partial charge in [-0.1, -0.05) is 18.2 Å². The second-order valence-electron chi connectivity index (χ2n) is 8.65. The lowest BCUT2D eigenvalue weighted by molar-refractivity contribution is -0.371. The maximum atomic E-state index is 13.0. The molecule has 0 saturated carbocycles. The molecule has 2 amide bonds. The summed E-state index contributed by atoms with van der Waals surface area (Å²) in [5, 5.41) is 0. The average molecular weight is 498 g/mol. The first kappa shape index (κ1) is 23.9. The van der Waals surface area contributed by atoms with Gasteiger partial charge in [-0.2, -0.15) is 5.53 Å². The average Bonchev–Trinajstić information content (AvgIpc) is 3.43. The van der Waals surface area contributed by atoms with Crippen molar-refractivity contribution < 1.29 is 32.1 Å². The quantitative estimate of drug-likeness (QED) is 0.437. The molecule has 1 fully saturated rings. The van der Waals surface area contributed by atoms with Crippen molar-refractivity contribution in [2.24, 2.45) is 0 Å². The van der Waals surface area contributed by atoms with Crippen LogP contribution in [0, 0.1) is 0 Å². The van der Waals surface area contributed by atoms with Crippen molar-refractivity contribution in [3.05, 3.63) is 83.3 Å². The highest BCUT2D eigenvalue weighted by Crippen LogP contribution is 2.26. The molecule has 1 aliphatic carbocycles. The van der Waals surface area contributed by atoms with Gasteiger partial charge in [-0.15, -0.1) is 17.7 Å². The third kappa shape index (κ3) is 5.38. The topological polar surface area (TPSA) is 85.7 Å². The van der Waals surface area contributed by atoms with Gasteiger partial charge < -0.3 is 9.64 Å². The standard InChI is InChI=1S/C25H23F3N5O3/c26-25(27,28)36-20-3-1-2-16(12-20)4-7-23(34)33-14-18-8-10-32(11-9-19(18)15-33)24(35)17-5-6-21-22(13-17)30-31-29-21/h1-4,7-14,21-22,29-31H,5-6,15H2/q+1/b7-4+/t21?,22-/m1/s1. The highest BCUT2D eigenvalue weighted by Gasteiger charge is 2.34. The van der Waals surface area contributed by atoms with Crippen molar-refractivity contribution in [3.63, 3.8) is 0 Å². The molecule has 1 aromatic carbocycles. The van der Waals surface area contributed by atoms with E-state index >= 15 is 0 Å². The summed E-state index contributed by atoms with van der Waals surface area (Å²) in [5.74, 6) is -0.777. The van der Waals surface area contributed by atoms with Crippen LogP contribution in [0.15, 0.2) is 77.7 Å². The summed E-state index contributed by atoms with van der Waals surface area (Å²) in [5.41, 5.74) is 11.9. The molecule has 3 heterocycles. The third-order valence-electron chi connectivity index (χ3n) is 6.20. The molecule has 3 aliphatic heterocycles. The summed E-state index contributed by atoms with van der Waals surface area (Å²) in [6, 6.07) is 5.69. The van der Waals surface area contributed by atoms with E-state index in [1.54, 1.807) is 30.8 Å². The van der Waals surface area contributed by atoms with Gasteiger partial charge in [0.05, 0.1) is 18.2 Å². The third-order valence-corrected chi connectivity index (χ3v) is 6.20. The minimum atomic E-state index is -4.79. The van der Waals surface area contributed by atoms with Gasteiger partial charge in [0.25, 0.3) is 5.91 Å². The number of alkyl halides is 3. The van der Waals surface area contributed by atoms with Gasteiger partial charge in [-0.25, -0.2) is 15.6 Å². The number of hydrogen-bond donors (Lipinski definition) is 3. The molecule has 0 aromatic heterocycles. The van der Waals surface area contributed by atoms with E-state index in [9.17, 15) is 22.8 Å². The molecule has 4 aliphatic rings.